The maximum absolute atomic E-state index is 6.25. The average molecular weight is 530 g/mol. The van der Waals surface area contributed by atoms with E-state index in [0.717, 1.165) is 56.1 Å². The molecule has 1 fully saturated rings. The largest absolute Gasteiger partial charge is 0.379 e. The number of hydrogen-bond acceptors (Lipinski definition) is 4. The van der Waals surface area contributed by atoms with E-state index in [4.69, 9.17) is 16.3 Å². The maximum atomic E-state index is 6.25. The van der Waals surface area contributed by atoms with Gasteiger partial charge in [-0.05, 0) is 36.8 Å². The number of morpholine rings is 1. The molecular formula is C21H29ClIN5O. The van der Waals surface area contributed by atoms with Crippen molar-refractivity contribution in [3.05, 3.63) is 64.9 Å². The Morgan fingerprint density at radius 1 is 1.21 bits per heavy atom. The summed E-state index contributed by atoms with van der Waals surface area (Å²) in [5.41, 5.74) is 2.14. The third kappa shape index (κ3) is 7.73. The lowest BCUT2D eigenvalue weighted by atomic mass is 10.0. The third-order valence-corrected chi connectivity index (χ3v) is 4.89. The predicted octanol–water partition coefficient (Wildman–Crippen LogP) is 3.48. The fraction of sp³-hybridized carbons (Fsp3) is 0.429. The van der Waals surface area contributed by atoms with Gasteiger partial charge in [0, 0.05) is 37.4 Å². The predicted molar refractivity (Wildman–Crippen MR) is 129 cm³/mol. The Morgan fingerprint density at radius 3 is 2.72 bits per heavy atom. The number of nitrogens with zero attached hydrogens (tertiary/aromatic N) is 3. The van der Waals surface area contributed by atoms with Gasteiger partial charge < -0.3 is 15.4 Å². The summed E-state index contributed by atoms with van der Waals surface area (Å²) >= 11 is 6.25. The van der Waals surface area contributed by atoms with E-state index in [-0.39, 0.29) is 30.0 Å². The molecule has 0 aliphatic carbocycles. The van der Waals surface area contributed by atoms with Gasteiger partial charge in [-0.25, -0.2) is 4.99 Å². The molecule has 0 amide bonds. The monoisotopic (exact) mass is 529 g/mol. The third-order valence-electron chi connectivity index (χ3n) is 4.65. The van der Waals surface area contributed by atoms with E-state index >= 15 is 0 Å². The van der Waals surface area contributed by atoms with Crippen molar-refractivity contribution in [3.63, 3.8) is 0 Å². The van der Waals surface area contributed by atoms with Crippen LogP contribution < -0.4 is 10.6 Å². The summed E-state index contributed by atoms with van der Waals surface area (Å²) in [6.45, 7) is 7.45. The molecule has 0 radical (unpaired) electrons. The van der Waals surface area contributed by atoms with E-state index in [9.17, 15) is 0 Å². The number of ether oxygens (including phenoxy) is 1. The molecule has 0 spiro atoms. The summed E-state index contributed by atoms with van der Waals surface area (Å²) in [5, 5.41) is 7.56. The molecule has 158 valence electrons. The Bertz CT molecular complexity index is 756. The van der Waals surface area contributed by atoms with Crippen LogP contribution in [0, 0.1) is 0 Å². The average Bonchev–Trinajstić information content (AvgIpc) is 2.74. The summed E-state index contributed by atoms with van der Waals surface area (Å²) in [4.78, 5) is 11.4. The number of rotatable bonds is 7. The lowest BCUT2D eigenvalue weighted by Crippen LogP contribution is -2.46. The molecule has 1 aromatic carbocycles. The zero-order valence-electron chi connectivity index (χ0n) is 16.7. The molecule has 1 aliphatic rings. The summed E-state index contributed by atoms with van der Waals surface area (Å²) in [6.07, 6.45) is 1.79. The van der Waals surface area contributed by atoms with Crippen LogP contribution in [0.25, 0.3) is 0 Å². The van der Waals surface area contributed by atoms with Crippen LogP contribution in [0.4, 0.5) is 0 Å². The van der Waals surface area contributed by atoms with Crippen molar-refractivity contribution in [1.29, 1.82) is 0 Å². The van der Waals surface area contributed by atoms with Gasteiger partial charge in [0.25, 0.3) is 0 Å². The lowest BCUT2D eigenvalue weighted by Gasteiger charge is -2.35. The van der Waals surface area contributed by atoms with Gasteiger partial charge in [0.05, 0.1) is 31.5 Å². The second-order valence-electron chi connectivity index (χ2n) is 6.62. The second-order valence-corrected chi connectivity index (χ2v) is 7.05. The van der Waals surface area contributed by atoms with E-state index in [0.29, 0.717) is 6.54 Å². The van der Waals surface area contributed by atoms with Gasteiger partial charge in [-0.3, -0.25) is 9.88 Å². The highest BCUT2D eigenvalue weighted by Gasteiger charge is 2.23. The topological polar surface area (TPSA) is 61.8 Å². The normalized spacial score (nSPS) is 16.0. The van der Waals surface area contributed by atoms with Crippen molar-refractivity contribution in [2.24, 2.45) is 4.99 Å². The Morgan fingerprint density at radius 2 is 2.03 bits per heavy atom. The highest BCUT2D eigenvalue weighted by atomic mass is 127. The zero-order valence-corrected chi connectivity index (χ0v) is 19.8. The van der Waals surface area contributed by atoms with Gasteiger partial charge in [-0.1, -0.05) is 29.8 Å². The van der Waals surface area contributed by atoms with Crippen LogP contribution in [-0.4, -0.2) is 55.2 Å². The molecule has 0 saturated carbocycles. The Balaban J connectivity index is 0.00000300. The first-order valence-corrected chi connectivity index (χ1v) is 10.1. The van der Waals surface area contributed by atoms with Crippen molar-refractivity contribution in [3.8, 4) is 0 Å². The summed E-state index contributed by atoms with van der Waals surface area (Å²) in [5.74, 6) is 0.786. The number of benzene rings is 1. The highest BCUT2D eigenvalue weighted by Crippen LogP contribution is 2.23. The Hall–Kier alpha value is -1.42. The van der Waals surface area contributed by atoms with Crippen LogP contribution in [0.5, 0.6) is 0 Å². The summed E-state index contributed by atoms with van der Waals surface area (Å²) in [7, 11) is 0. The molecule has 2 aromatic rings. The van der Waals surface area contributed by atoms with Crippen molar-refractivity contribution in [2.45, 2.75) is 19.5 Å². The van der Waals surface area contributed by atoms with Gasteiger partial charge in [-0.2, -0.15) is 0 Å². The van der Waals surface area contributed by atoms with Crippen LogP contribution >= 0.6 is 35.6 Å². The van der Waals surface area contributed by atoms with Crippen molar-refractivity contribution in [1.82, 2.24) is 20.5 Å². The number of nitrogens with one attached hydrogen (secondary N) is 2. The molecule has 3 rings (SSSR count). The second kappa shape index (κ2) is 13.0. The fourth-order valence-electron chi connectivity index (χ4n) is 3.25. The molecule has 2 N–H and O–H groups in total. The van der Waals surface area contributed by atoms with E-state index < -0.39 is 0 Å². The van der Waals surface area contributed by atoms with Crippen LogP contribution in [0.15, 0.2) is 53.7 Å². The van der Waals surface area contributed by atoms with Crippen LogP contribution in [0.3, 0.4) is 0 Å². The maximum Gasteiger partial charge on any atom is 0.191 e. The molecule has 6 nitrogen and oxygen atoms in total. The van der Waals surface area contributed by atoms with Crippen molar-refractivity contribution < 1.29 is 4.74 Å². The first-order chi connectivity index (χ1) is 13.8. The van der Waals surface area contributed by atoms with E-state index in [1.54, 1.807) is 6.20 Å². The van der Waals surface area contributed by atoms with E-state index in [1.807, 2.05) is 36.4 Å². The van der Waals surface area contributed by atoms with E-state index in [2.05, 4.69) is 38.5 Å². The quantitative estimate of drug-likeness (QED) is 0.327. The van der Waals surface area contributed by atoms with Gasteiger partial charge in [-0.15, -0.1) is 24.0 Å². The number of pyridine rings is 1. The SMILES string of the molecule is CCNC(=NCc1ccccn1)NCC(c1cccc(Cl)c1)N1CCOCC1.I. The first kappa shape index (κ1) is 23.9. The smallest absolute Gasteiger partial charge is 0.191 e. The molecule has 8 heteroatoms. The molecule has 2 heterocycles. The Labute approximate surface area is 195 Å². The van der Waals surface area contributed by atoms with Crippen molar-refractivity contribution >= 4 is 41.5 Å². The minimum atomic E-state index is 0. The molecule has 0 bridgehead atoms. The summed E-state index contributed by atoms with van der Waals surface area (Å²) in [6, 6.07) is 14.2. The number of aliphatic imine (C=N–C) groups is 1. The number of guanidine groups is 1. The van der Waals surface area contributed by atoms with Crippen LogP contribution in [-0.2, 0) is 11.3 Å². The van der Waals surface area contributed by atoms with Crippen LogP contribution in [0.2, 0.25) is 5.02 Å². The molecule has 1 aromatic heterocycles. The molecular weight excluding hydrogens is 501 g/mol. The lowest BCUT2D eigenvalue weighted by molar-refractivity contribution is 0.0170. The molecule has 29 heavy (non-hydrogen) atoms. The minimum absolute atomic E-state index is 0. The molecule has 1 aliphatic heterocycles. The Kier molecular flexibility index (Phi) is 10.7. The van der Waals surface area contributed by atoms with Gasteiger partial charge in [0.15, 0.2) is 5.96 Å². The van der Waals surface area contributed by atoms with Crippen molar-refractivity contribution in [2.75, 3.05) is 39.4 Å². The minimum Gasteiger partial charge on any atom is -0.379 e. The zero-order chi connectivity index (χ0) is 19.6. The standard InChI is InChI=1S/C21H28ClN5O.HI/c1-2-23-21(25-15-19-8-3-4-9-24-19)26-16-20(27-10-12-28-13-11-27)17-6-5-7-18(22)14-17;/h3-9,14,20H,2,10-13,15-16H2,1H3,(H2,23,25,26);1H. The molecule has 1 unspecified atom stereocenters. The fourth-order valence-corrected chi connectivity index (χ4v) is 3.45. The van der Waals surface area contributed by atoms with Gasteiger partial charge in [0.2, 0.25) is 0 Å². The first-order valence-electron chi connectivity index (χ1n) is 9.75. The highest BCUT2D eigenvalue weighted by molar-refractivity contribution is 14.0. The number of halogens is 2. The van der Waals surface area contributed by atoms with Crippen LogP contribution in [0.1, 0.15) is 24.2 Å². The molecule has 1 atom stereocenters. The van der Waals surface area contributed by atoms with Gasteiger partial charge >= 0.3 is 0 Å². The molecule has 1 saturated heterocycles. The van der Waals surface area contributed by atoms with Gasteiger partial charge in [0.1, 0.15) is 0 Å². The summed E-state index contributed by atoms with van der Waals surface area (Å²) < 4.78 is 5.53. The number of hydrogen-bond donors (Lipinski definition) is 2. The number of aromatic nitrogens is 1. The van der Waals surface area contributed by atoms with E-state index in [1.165, 1.54) is 5.56 Å².